The van der Waals surface area contributed by atoms with E-state index >= 15 is 0 Å². The lowest BCUT2D eigenvalue weighted by atomic mass is 10.0. The highest BCUT2D eigenvalue weighted by molar-refractivity contribution is 5.79. The van der Waals surface area contributed by atoms with Gasteiger partial charge in [0.2, 0.25) is 11.8 Å². The molecule has 0 unspecified atom stereocenters. The van der Waals surface area contributed by atoms with Crippen molar-refractivity contribution in [2.45, 2.75) is 51.6 Å². The van der Waals surface area contributed by atoms with Gasteiger partial charge in [0.15, 0.2) is 11.6 Å². The van der Waals surface area contributed by atoms with E-state index in [4.69, 9.17) is 5.73 Å². The van der Waals surface area contributed by atoms with Gasteiger partial charge in [-0.1, -0.05) is 13.8 Å². The topological polar surface area (TPSA) is 66.6 Å². The van der Waals surface area contributed by atoms with Gasteiger partial charge in [-0.15, -0.1) is 0 Å². The molecule has 2 aliphatic rings. The van der Waals surface area contributed by atoms with Crippen LogP contribution in [-0.4, -0.2) is 53.3 Å². The summed E-state index contributed by atoms with van der Waals surface area (Å²) >= 11 is 0. The average molecular weight is 411 g/mol. The normalized spacial score (nSPS) is 22.3. The van der Waals surface area contributed by atoms with Crippen molar-refractivity contribution in [3.05, 3.63) is 35.1 Å². The van der Waals surface area contributed by atoms with E-state index in [9.17, 15) is 22.8 Å². The molecule has 1 aromatic carbocycles. The van der Waals surface area contributed by atoms with Crippen molar-refractivity contribution >= 4 is 11.8 Å². The van der Waals surface area contributed by atoms with E-state index in [1.165, 1.54) is 0 Å². The molecule has 8 heteroatoms. The van der Waals surface area contributed by atoms with Crippen LogP contribution in [0.25, 0.3) is 0 Å². The van der Waals surface area contributed by atoms with Crippen LogP contribution in [0.4, 0.5) is 13.2 Å². The van der Waals surface area contributed by atoms with Gasteiger partial charge in [0.1, 0.15) is 5.82 Å². The summed E-state index contributed by atoms with van der Waals surface area (Å²) in [5, 5.41) is 0. The van der Waals surface area contributed by atoms with Gasteiger partial charge >= 0.3 is 0 Å². The van der Waals surface area contributed by atoms with Crippen LogP contribution in [-0.2, 0) is 16.0 Å². The first-order chi connectivity index (χ1) is 13.7. The highest BCUT2D eigenvalue weighted by Crippen LogP contribution is 2.32. The van der Waals surface area contributed by atoms with Crippen LogP contribution in [0.3, 0.4) is 0 Å². The summed E-state index contributed by atoms with van der Waals surface area (Å²) in [6.45, 7) is 5.83. The van der Waals surface area contributed by atoms with Crippen molar-refractivity contribution < 1.29 is 22.8 Å². The van der Waals surface area contributed by atoms with Gasteiger partial charge in [-0.3, -0.25) is 9.59 Å². The SMILES string of the molecule is CC(C)CC(=O)N1C[C@@H]2CCN(C(=O)C[C@H](N)Cc3cc(F)c(F)cc3F)[C@@H]2C1. The van der Waals surface area contributed by atoms with Crippen LogP contribution in [0, 0.1) is 29.3 Å². The highest BCUT2D eigenvalue weighted by atomic mass is 19.2. The molecule has 2 N–H and O–H groups in total. The number of rotatable bonds is 6. The quantitative estimate of drug-likeness (QED) is 0.732. The first-order valence-electron chi connectivity index (χ1n) is 10.1. The van der Waals surface area contributed by atoms with E-state index in [-0.39, 0.29) is 48.1 Å². The molecule has 0 bridgehead atoms. The van der Waals surface area contributed by atoms with Crippen molar-refractivity contribution in [3.8, 4) is 0 Å². The van der Waals surface area contributed by atoms with E-state index in [2.05, 4.69) is 0 Å². The van der Waals surface area contributed by atoms with Crippen molar-refractivity contribution in [3.63, 3.8) is 0 Å². The van der Waals surface area contributed by atoms with Gasteiger partial charge in [-0.2, -0.15) is 0 Å². The van der Waals surface area contributed by atoms with Crippen LogP contribution < -0.4 is 5.73 Å². The zero-order valence-electron chi connectivity index (χ0n) is 16.8. The molecule has 2 saturated heterocycles. The number of hydrogen-bond acceptors (Lipinski definition) is 3. The number of fused-ring (bicyclic) bond motifs is 1. The first kappa shape index (κ1) is 21.6. The summed E-state index contributed by atoms with van der Waals surface area (Å²) < 4.78 is 40.2. The van der Waals surface area contributed by atoms with Crippen molar-refractivity contribution in [2.24, 2.45) is 17.6 Å². The Morgan fingerprint density at radius 2 is 1.76 bits per heavy atom. The van der Waals surface area contributed by atoms with Crippen molar-refractivity contribution in [1.82, 2.24) is 9.80 Å². The molecule has 0 aliphatic carbocycles. The Morgan fingerprint density at radius 3 is 2.45 bits per heavy atom. The Bertz CT molecular complexity index is 787. The van der Waals surface area contributed by atoms with Crippen LogP contribution in [0.2, 0.25) is 0 Å². The number of halogens is 3. The van der Waals surface area contributed by atoms with E-state index in [0.29, 0.717) is 32.1 Å². The minimum absolute atomic E-state index is 0.00851. The van der Waals surface area contributed by atoms with E-state index in [1.54, 1.807) is 4.90 Å². The lowest BCUT2D eigenvalue weighted by molar-refractivity contribution is -0.135. The van der Waals surface area contributed by atoms with E-state index in [0.717, 1.165) is 12.5 Å². The number of benzene rings is 1. The molecule has 29 heavy (non-hydrogen) atoms. The van der Waals surface area contributed by atoms with Crippen LogP contribution in [0.5, 0.6) is 0 Å². The summed E-state index contributed by atoms with van der Waals surface area (Å²) in [4.78, 5) is 28.7. The third kappa shape index (κ3) is 4.91. The molecule has 1 aromatic rings. The molecule has 2 heterocycles. The molecular weight excluding hydrogens is 383 g/mol. The fourth-order valence-corrected chi connectivity index (χ4v) is 4.37. The monoisotopic (exact) mass is 411 g/mol. The zero-order valence-corrected chi connectivity index (χ0v) is 16.8. The molecule has 3 rings (SSSR count). The fraction of sp³-hybridized carbons (Fsp3) is 0.619. The molecule has 160 valence electrons. The van der Waals surface area contributed by atoms with Gasteiger partial charge < -0.3 is 15.5 Å². The minimum atomic E-state index is -1.25. The third-order valence-electron chi connectivity index (χ3n) is 5.81. The zero-order chi connectivity index (χ0) is 21.3. The number of nitrogens with zero attached hydrogens (tertiary/aromatic N) is 2. The van der Waals surface area contributed by atoms with Crippen LogP contribution in [0.1, 0.15) is 38.7 Å². The predicted octanol–water partition coefficient (Wildman–Crippen LogP) is 2.47. The molecule has 0 spiro atoms. The molecule has 5 nitrogen and oxygen atoms in total. The minimum Gasteiger partial charge on any atom is -0.340 e. The van der Waals surface area contributed by atoms with E-state index in [1.807, 2.05) is 18.7 Å². The molecule has 2 fully saturated rings. The summed E-state index contributed by atoms with van der Waals surface area (Å²) in [5.41, 5.74) is 5.96. The standard InChI is InChI=1S/C21H28F3N3O2/c1-12(2)5-20(28)26-10-13-3-4-27(19(13)11-26)21(29)8-15(25)6-14-7-17(23)18(24)9-16(14)22/h7,9,12-13,15,19H,3-6,8,10-11,25H2,1-2H3/t13-,15+,19+/m0/s1. The maximum absolute atomic E-state index is 13.8. The molecule has 0 saturated carbocycles. The van der Waals surface area contributed by atoms with Crippen molar-refractivity contribution in [2.75, 3.05) is 19.6 Å². The number of nitrogens with two attached hydrogens (primary N) is 1. The van der Waals surface area contributed by atoms with Crippen LogP contribution in [0.15, 0.2) is 12.1 Å². The number of carbonyl (C=O) groups excluding carboxylic acids is 2. The molecule has 0 aromatic heterocycles. The number of hydrogen-bond donors (Lipinski definition) is 1. The van der Waals surface area contributed by atoms with E-state index < -0.39 is 23.5 Å². The van der Waals surface area contributed by atoms with Gasteiger partial charge in [0, 0.05) is 50.5 Å². The maximum Gasteiger partial charge on any atom is 0.224 e. The molecular formula is C21H28F3N3O2. The summed E-state index contributed by atoms with van der Waals surface area (Å²) in [7, 11) is 0. The Balaban J connectivity index is 1.57. The Labute approximate surface area is 169 Å². The molecule has 3 atom stereocenters. The summed E-state index contributed by atoms with van der Waals surface area (Å²) in [6, 6.07) is 0.563. The Hall–Kier alpha value is -2.09. The predicted molar refractivity (Wildman–Crippen MR) is 102 cm³/mol. The van der Waals surface area contributed by atoms with Gasteiger partial charge in [-0.05, 0) is 30.4 Å². The number of likely N-dealkylation sites (tertiary alicyclic amines) is 2. The number of carbonyl (C=O) groups is 2. The lowest BCUT2D eigenvalue weighted by Gasteiger charge is -2.26. The highest BCUT2D eigenvalue weighted by Gasteiger charge is 2.44. The molecule has 2 aliphatic heterocycles. The third-order valence-corrected chi connectivity index (χ3v) is 5.81. The first-order valence-corrected chi connectivity index (χ1v) is 10.1. The number of amides is 2. The Kier molecular flexibility index (Phi) is 6.51. The average Bonchev–Trinajstić information content (AvgIpc) is 3.19. The van der Waals surface area contributed by atoms with Gasteiger partial charge in [0.05, 0.1) is 6.04 Å². The largest absolute Gasteiger partial charge is 0.340 e. The summed E-state index contributed by atoms with van der Waals surface area (Å²) in [5.74, 6) is -2.73. The second-order valence-corrected chi connectivity index (χ2v) is 8.63. The second kappa shape index (κ2) is 8.73. The smallest absolute Gasteiger partial charge is 0.224 e. The summed E-state index contributed by atoms with van der Waals surface area (Å²) in [6.07, 6.45) is 1.27. The molecule has 0 radical (unpaired) electrons. The fourth-order valence-electron chi connectivity index (χ4n) is 4.37. The van der Waals surface area contributed by atoms with Gasteiger partial charge in [-0.25, -0.2) is 13.2 Å². The van der Waals surface area contributed by atoms with Gasteiger partial charge in [0.25, 0.3) is 0 Å². The second-order valence-electron chi connectivity index (χ2n) is 8.63. The van der Waals surface area contributed by atoms with Crippen molar-refractivity contribution in [1.29, 1.82) is 0 Å². The maximum atomic E-state index is 13.8. The lowest BCUT2D eigenvalue weighted by Crippen LogP contribution is -2.43. The molecule has 2 amide bonds. The van der Waals surface area contributed by atoms with Crippen LogP contribution >= 0.6 is 0 Å². The Morgan fingerprint density at radius 1 is 1.07 bits per heavy atom.